The first-order valence-corrected chi connectivity index (χ1v) is 3.79. The quantitative estimate of drug-likeness (QED) is 0.690. The first kappa shape index (κ1) is 6.79. The Kier molecular flexibility index (Phi) is 1.42. The third-order valence-corrected chi connectivity index (χ3v) is 1.76. The molecule has 1 N–H and O–H groups in total. The number of nitrogens with zero attached hydrogens (tertiary/aromatic N) is 2. The van der Waals surface area contributed by atoms with Gasteiger partial charge in [-0.25, -0.2) is 0 Å². The van der Waals surface area contributed by atoms with Gasteiger partial charge in [0.1, 0.15) is 6.10 Å². The predicted molar refractivity (Wildman–Crippen MR) is 36.9 cm³/mol. The summed E-state index contributed by atoms with van der Waals surface area (Å²) in [5, 5.41) is 12.8. The third-order valence-electron chi connectivity index (χ3n) is 1.76. The smallest absolute Gasteiger partial charge is 0.255 e. The maximum atomic E-state index is 9.04. The molecule has 0 bridgehead atoms. The van der Waals surface area contributed by atoms with Gasteiger partial charge in [0.25, 0.3) is 5.89 Å². The van der Waals surface area contributed by atoms with Gasteiger partial charge in [-0.15, -0.1) is 0 Å². The molecule has 4 nitrogen and oxygen atoms in total. The number of aliphatic hydroxyl groups excluding tert-OH is 1. The van der Waals surface area contributed by atoms with Crippen LogP contribution in [0, 0.1) is 0 Å². The van der Waals surface area contributed by atoms with E-state index in [0.717, 1.165) is 18.7 Å². The molecule has 1 atom stereocenters. The maximum Gasteiger partial charge on any atom is 0.255 e. The third kappa shape index (κ3) is 1.26. The second-order valence-electron chi connectivity index (χ2n) is 2.94. The van der Waals surface area contributed by atoms with E-state index in [2.05, 4.69) is 10.1 Å². The predicted octanol–water partition coefficient (Wildman–Crippen LogP) is 1.00. The van der Waals surface area contributed by atoms with Crippen LogP contribution in [0.1, 0.15) is 43.5 Å². The van der Waals surface area contributed by atoms with Crippen molar-refractivity contribution < 1.29 is 9.63 Å². The van der Waals surface area contributed by atoms with Crippen LogP contribution in [0.5, 0.6) is 0 Å². The van der Waals surface area contributed by atoms with Gasteiger partial charge in [-0.05, 0) is 19.8 Å². The molecular formula is C7H10N2O2. The first-order chi connectivity index (χ1) is 5.27. The Morgan fingerprint density at radius 3 is 2.82 bits per heavy atom. The van der Waals surface area contributed by atoms with Gasteiger partial charge in [-0.1, -0.05) is 5.16 Å². The highest BCUT2D eigenvalue weighted by Gasteiger charge is 2.29. The van der Waals surface area contributed by atoms with Gasteiger partial charge in [0, 0.05) is 5.92 Å². The van der Waals surface area contributed by atoms with Crippen LogP contribution in [-0.2, 0) is 0 Å². The number of rotatable bonds is 2. The van der Waals surface area contributed by atoms with Gasteiger partial charge < -0.3 is 9.63 Å². The molecule has 1 unspecified atom stereocenters. The Morgan fingerprint density at radius 2 is 2.36 bits per heavy atom. The Labute approximate surface area is 64.2 Å². The summed E-state index contributed by atoms with van der Waals surface area (Å²) in [6, 6.07) is 0. The molecule has 2 rings (SSSR count). The molecule has 0 saturated heterocycles. The molecule has 1 aromatic heterocycles. The van der Waals surface area contributed by atoms with Crippen molar-refractivity contribution in [3.05, 3.63) is 11.7 Å². The minimum absolute atomic E-state index is 0.326. The van der Waals surface area contributed by atoms with E-state index >= 15 is 0 Å². The topological polar surface area (TPSA) is 59.2 Å². The lowest BCUT2D eigenvalue weighted by molar-refractivity contribution is 0.151. The van der Waals surface area contributed by atoms with E-state index in [9.17, 15) is 0 Å². The van der Waals surface area contributed by atoms with Gasteiger partial charge in [-0.3, -0.25) is 0 Å². The standard InChI is InChI=1S/C7H10N2O2/c1-4(10)7-8-6(9-11-7)5-2-3-5/h4-5,10H,2-3H2,1H3. The SMILES string of the molecule is CC(O)c1nc(C2CC2)no1. The Hall–Kier alpha value is -0.900. The van der Waals surface area contributed by atoms with Crippen LogP contribution in [0.2, 0.25) is 0 Å². The molecule has 1 aromatic rings. The van der Waals surface area contributed by atoms with Crippen molar-refractivity contribution in [2.45, 2.75) is 31.8 Å². The highest BCUT2D eigenvalue weighted by atomic mass is 16.5. The lowest BCUT2D eigenvalue weighted by Gasteiger charge is -1.91. The van der Waals surface area contributed by atoms with E-state index in [1.807, 2.05) is 0 Å². The van der Waals surface area contributed by atoms with E-state index in [0.29, 0.717) is 11.8 Å². The zero-order valence-electron chi connectivity index (χ0n) is 6.32. The van der Waals surface area contributed by atoms with Gasteiger partial charge in [-0.2, -0.15) is 4.98 Å². The Bertz CT molecular complexity index is 236. The molecule has 0 radical (unpaired) electrons. The van der Waals surface area contributed by atoms with Gasteiger partial charge in [0.2, 0.25) is 0 Å². The van der Waals surface area contributed by atoms with Crippen molar-refractivity contribution in [3.63, 3.8) is 0 Å². The van der Waals surface area contributed by atoms with Crippen LogP contribution in [0.3, 0.4) is 0 Å². The molecule has 0 amide bonds. The molecular weight excluding hydrogens is 144 g/mol. The Balaban J connectivity index is 2.18. The zero-order valence-corrected chi connectivity index (χ0v) is 6.32. The lowest BCUT2D eigenvalue weighted by atomic mass is 10.4. The van der Waals surface area contributed by atoms with Crippen LogP contribution in [0.4, 0.5) is 0 Å². The van der Waals surface area contributed by atoms with Crippen LogP contribution in [0.25, 0.3) is 0 Å². The monoisotopic (exact) mass is 154 g/mol. The van der Waals surface area contributed by atoms with E-state index in [1.165, 1.54) is 0 Å². The number of hydrogen-bond acceptors (Lipinski definition) is 4. The second-order valence-corrected chi connectivity index (χ2v) is 2.94. The van der Waals surface area contributed by atoms with E-state index < -0.39 is 6.10 Å². The molecule has 1 fully saturated rings. The van der Waals surface area contributed by atoms with Crippen molar-refractivity contribution in [2.75, 3.05) is 0 Å². The minimum Gasteiger partial charge on any atom is -0.384 e. The lowest BCUT2D eigenvalue weighted by Crippen LogP contribution is -1.90. The number of aliphatic hydroxyl groups is 1. The summed E-state index contributed by atoms with van der Waals surface area (Å²) in [6.45, 7) is 1.62. The largest absolute Gasteiger partial charge is 0.384 e. The van der Waals surface area contributed by atoms with Crippen LogP contribution >= 0.6 is 0 Å². The van der Waals surface area contributed by atoms with Crippen LogP contribution in [-0.4, -0.2) is 15.2 Å². The van der Waals surface area contributed by atoms with Gasteiger partial charge in [0.05, 0.1) is 0 Å². The number of aromatic nitrogens is 2. The fourth-order valence-electron chi connectivity index (χ4n) is 0.924. The first-order valence-electron chi connectivity index (χ1n) is 3.79. The van der Waals surface area contributed by atoms with E-state index in [4.69, 9.17) is 9.63 Å². The van der Waals surface area contributed by atoms with Crippen LogP contribution in [0.15, 0.2) is 4.52 Å². The molecule has 11 heavy (non-hydrogen) atoms. The summed E-state index contributed by atoms with van der Waals surface area (Å²) in [7, 11) is 0. The zero-order chi connectivity index (χ0) is 7.84. The highest BCUT2D eigenvalue weighted by Crippen LogP contribution is 2.38. The normalized spacial score (nSPS) is 20.2. The molecule has 1 saturated carbocycles. The maximum absolute atomic E-state index is 9.04. The summed E-state index contributed by atoms with van der Waals surface area (Å²) in [4.78, 5) is 4.04. The van der Waals surface area contributed by atoms with Crippen molar-refractivity contribution in [2.24, 2.45) is 0 Å². The van der Waals surface area contributed by atoms with Gasteiger partial charge >= 0.3 is 0 Å². The van der Waals surface area contributed by atoms with Crippen molar-refractivity contribution >= 4 is 0 Å². The van der Waals surface area contributed by atoms with Gasteiger partial charge in [0.15, 0.2) is 5.82 Å². The molecule has 0 aliphatic heterocycles. The second kappa shape index (κ2) is 2.30. The fraction of sp³-hybridized carbons (Fsp3) is 0.714. The molecule has 4 heteroatoms. The summed E-state index contributed by atoms with van der Waals surface area (Å²) < 4.78 is 4.82. The summed E-state index contributed by atoms with van der Waals surface area (Å²) >= 11 is 0. The summed E-state index contributed by atoms with van der Waals surface area (Å²) in [6.07, 6.45) is 1.66. The van der Waals surface area contributed by atoms with Crippen molar-refractivity contribution in [3.8, 4) is 0 Å². The average molecular weight is 154 g/mol. The average Bonchev–Trinajstić information content (AvgIpc) is 2.68. The molecule has 0 spiro atoms. The van der Waals surface area contributed by atoms with Crippen molar-refractivity contribution in [1.82, 2.24) is 10.1 Å². The summed E-state index contributed by atoms with van der Waals surface area (Å²) in [5.41, 5.74) is 0. The Morgan fingerprint density at radius 1 is 1.64 bits per heavy atom. The molecule has 1 aliphatic carbocycles. The van der Waals surface area contributed by atoms with E-state index in [1.54, 1.807) is 6.92 Å². The molecule has 1 aliphatic rings. The molecule has 60 valence electrons. The number of hydrogen-bond donors (Lipinski definition) is 1. The highest BCUT2D eigenvalue weighted by molar-refractivity contribution is 5.03. The summed E-state index contributed by atoms with van der Waals surface area (Å²) in [5.74, 6) is 1.57. The van der Waals surface area contributed by atoms with Crippen LogP contribution < -0.4 is 0 Å². The van der Waals surface area contributed by atoms with Crippen molar-refractivity contribution in [1.29, 1.82) is 0 Å². The minimum atomic E-state index is -0.644. The molecule has 1 heterocycles. The molecule has 0 aromatic carbocycles. The fourth-order valence-corrected chi connectivity index (χ4v) is 0.924. The van der Waals surface area contributed by atoms with E-state index in [-0.39, 0.29) is 0 Å².